The van der Waals surface area contributed by atoms with E-state index in [0.717, 1.165) is 16.8 Å². The van der Waals surface area contributed by atoms with Crippen LogP contribution in [0.1, 0.15) is 38.8 Å². The third-order valence-corrected chi connectivity index (χ3v) is 8.76. The second kappa shape index (κ2) is 9.00. The van der Waals surface area contributed by atoms with Crippen molar-refractivity contribution in [2.24, 2.45) is 5.92 Å². The van der Waals surface area contributed by atoms with Crippen LogP contribution in [-0.4, -0.2) is 34.5 Å². The lowest BCUT2D eigenvalue weighted by atomic mass is 9.64. The molecule has 7 rings (SSSR count). The van der Waals surface area contributed by atoms with Gasteiger partial charge in [0.25, 0.3) is 0 Å². The first-order valence-corrected chi connectivity index (χ1v) is 13.5. The first kappa shape index (κ1) is 24.5. The summed E-state index contributed by atoms with van der Waals surface area (Å²) in [7, 11) is 0. The molecule has 3 aliphatic heterocycles. The summed E-state index contributed by atoms with van der Waals surface area (Å²) in [4.78, 5) is 49.8. The molecule has 0 radical (unpaired) electrons. The summed E-state index contributed by atoms with van der Waals surface area (Å²) in [6, 6.07) is 23.8. The number of hydrogen-bond acceptors (Lipinski definition) is 5. The monoisotopic (exact) mass is 545 g/mol. The molecule has 1 fully saturated rings. The topological polar surface area (TPSA) is 79.4 Å². The van der Waals surface area contributed by atoms with E-state index < -0.39 is 23.4 Å². The number of carbonyl (C=O) groups excluding carboxylic acids is 3. The van der Waals surface area contributed by atoms with Crippen LogP contribution in [-0.2, 0) is 10.2 Å². The Morgan fingerprint density at radius 1 is 0.900 bits per heavy atom. The molecule has 1 spiro atoms. The summed E-state index contributed by atoms with van der Waals surface area (Å²) in [5, 5.41) is 3.56. The Morgan fingerprint density at radius 3 is 2.42 bits per heavy atom. The SMILES string of the molecule is CC1=C[C@@H]2N(c3ccccc31)[C@H](C(=O)c1ccc(Cl)cc1)[C@H](C(=O)c1cccnc1)[C@@]21C(=O)Nc2ccccc21. The van der Waals surface area contributed by atoms with Crippen molar-refractivity contribution >= 4 is 46.0 Å². The highest BCUT2D eigenvalue weighted by Crippen LogP contribution is 2.58. The third kappa shape index (κ3) is 3.29. The fourth-order valence-corrected chi connectivity index (χ4v) is 6.99. The normalized spacial score (nSPS) is 24.1. The molecule has 3 aromatic carbocycles. The highest BCUT2D eigenvalue weighted by Gasteiger charge is 2.70. The van der Waals surface area contributed by atoms with Crippen LogP contribution in [0.25, 0.3) is 5.57 Å². The number of halogens is 1. The number of ketones is 2. The average molecular weight is 546 g/mol. The summed E-state index contributed by atoms with van der Waals surface area (Å²) in [5.41, 5.74) is 3.55. The number of nitrogens with one attached hydrogen (secondary N) is 1. The van der Waals surface area contributed by atoms with E-state index in [4.69, 9.17) is 11.6 Å². The van der Waals surface area contributed by atoms with Crippen molar-refractivity contribution in [3.8, 4) is 0 Å². The number of para-hydroxylation sites is 2. The van der Waals surface area contributed by atoms with Crippen molar-refractivity contribution in [1.82, 2.24) is 4.98 Å². The zero-order valence-electron chi connectivity index (χ0n) is 21.5. The number of carbonyl (C=O) groups is 3. The van der Waals surface area contributed by atoms with E-state index in [1.54, 1.807) is 42.6 Å². The van der Waals surface area contributed by atoms with E-state index in [0.29, 0.717) is 27.4 Å². The zero-order valence-corrected chi connectivity index (χ0v) is 22.3. The van der Waals surface area contributed by atoms with Gasteiger partial charge in [-0.15, -0.1) is 0 Å². The van der Waals surface area contributed by atoms with Gasteiger partial charge in [0.1, 0.15) is 11.5 Å². The fraction of sp³-hybridized carbons (Fsp3) is 0.152. The second-order valence-electron chi connectivity index (χ2n) is 10.5. The summed E-state index contributed by atoms with van der Waals surface area (Å²) in [6.07, 6.45) is 5.15. The van der Waals surface area contributed by atoms with Crippen molar-refractivity contribution in [3.63, 3.8) is 0 Å². The Labute approximate surface area is 236 Å². The maximum atomic E-state index is 14.7. The molecule has 0 saturated carbocycles. The maximum absolute atomic E-state index is 14.7. The number of nitrogens with zero attached hydrogens (tertiary/aromatic N) is 2. The number of aromatic nitrogens is 1. The van der Waals surface area contributed by atoms with Gasteiger partial charge < -0.3 is 10.2 Å². The molecule has 196 valence electrons. The number of pyridine rings is 1. The molecular formula is C33H24ClN3O3. The molecule has 0 aliphatic carbocycles. The predicted molar refractivity (Wildman–Crippen MR) is 155 cm³/mol. The molecule has 1 aromatic heterocycles. The maximum Gasteiger partial charge on any atom is 0.238 e. The van der Waals surface area contributed by atoms with Gasteiger partial charge in [0.15, 0.2) is 11.6 Å². The summed E-state index contributed by atoms with van der Waals surface area (Å²) >= 11 is 6.16. The lowest BCUT2D eigenvalue weighted by Crippen LogP contribution is -2.51. The fourth-order valence-electron chi connectivity index (χ4n) is 6.86. The van der Waals surface area contributed by atoms with Crippen molar-refractivity contribution in [2.45, 2.75) is 24.4 Å². The van der Waals surface area contributed by atoms with Gasteiger partial charge in [0.2, 0.25) is 5.91 Å². The van der Waals surface area contributed by atoms with Gasteiger partial charge in [0.05, 0.1) is 12.0 Å². The van der Waals surface area contributed by atoms with Crippen LogP contribution in [0.15, 0.2) is 103 Å². The zero-order chi connectivity index (χ0) is 27.6. The quantitative estimate of drug-likeness (QED) is 0.319. The highest BCUT2D eigenvalue weighted by molar-refractivity contribution is 6.30. The summed E-state index contributed by atoms with van der Waals surface area (Å²) in [5.74, 6) is -1.88. The van der Waals surface area contributed by atoms with Crippen LogP contribution >= 0.6 is 11.6 Å². The molecule has 1 N–H and O–H groups in total. The van der Waals surface area contributed by atoms with Gasteiger partial charge in [0, 0.05) is 45.5 Å². The van der Waals surface area contributed by atoms with Crippen LogP contribution < -0.4 is 10.2 Å². The van der Waals surface area contributed by atoms with E-state index in [1.807, 2.05) is 66.4 Å². The number of anilines is 2. The molecule has 0 unspecified atom stereocenters. The smallest absolute Gasteiger partial charge is 0.238 e. The highest BCUT2D eigenvalue weighted by atomic mass is 35.5. The Kier molecular flexibility index (Phi) is 5.51. The Bertz CT molecular complexity index is 1730. The lowest BCUT2D eigenvalue weighted by molar-refractivity contribution is -0.121. The molecule has 1 saturated heterocycles. The first-order chi connectivity index (χ1) is 19.4. The van der Waals surface area contributed by atoms with Crippen molar-refractivity contribution in [2.75, 3.05) is 10.2 Å². The number of rotatable bonds is 4. The molecule has 4 aromatic rings. The van der Waals surface area contributed by atoms with E-state index in [1.165, 1.54) is 6.20 Å². The number of hydrogen-bond donors (Lipinski definition) is 1. The molecule has 7 heteroatoms. The van der Waals surface area contributed by atoms with Crippen LogP contribution in [0.2, 0.25) is 5.02 Å². The molecular weight excluding hydrogens is 522 g/mol. The average Bonchev–Trinajstić information content (AvgIpc) is 3.45. The van der Waals surface area contributed by atoms with Crippen molar-refractivity contribution < 1.29 is 14.4 Å². The third-order valence-electron chi connectivity index (χ3n) is 8.51. The summed E-state index contributed by atoms with van der Waals surface area (Å²) in [6.45, 7) is 2.01. The van der Waals surface area contributed by atoms with Crippen LogP contribution in [0, 0.1) is 5.92 Å². The van der Waals surface area contributed by atoms with E-state index in [-0.39, 0.29) is 17.5 Å². The largest absolute Gasteiger partial charge is 0.352 e. The van der Waals surface area contributed by atoms with Crippen molar-refractivity contribution in [3.05, 3.63) is 131 Å². The Hall–Kier alpha value is -4.55. The van der Waals surface area contributed by atoms with Crippen LogP contribution in [0.5, 0.6) is 0 Å². The standard InChI is InChI=1S/C33H24ClN3O3/c1-19-17-27-33(24-9-3-4-10-25(24)36-32(33)40)28(30(38)21-7-6-16-35-18-21)29(31(39)20-12-14-22(34)15-13-20)37(27)26-11-5-2-8-23(19)26/h2-18,27-29H,1H3,(H,36,40)/t27-,28+,29-,33-/m0/s1. The summed E-state index contributed by atoms with van der Waals surface area (Å²) < 4.78 is 0. The van der Waals surface area contributed by atoms with Crippen LogP contribution in [0.3, 0.4) is 0 Å². The minimum absolute atomic E-state index is 0.249. The van der Waals surface area contributed by atoms with E-state index in [9.17, 15) is 14.4 Å². The molecule has 6 nitrogen and oxygen atoms in total. The van der Waals surface area contributed by atoms with Gasteiger partial charge in [-0.25, -0.2) is 0 Å². The predicted octanol–water partition coefficient (Wildman–Crippen LogP) is 5.98. The van der Waals surface area contributed by atoms with E-state index >= 15 is 0 Å². The minimum Gasteiger partial charge on any atom is -0.352 e. The Morgan fingerprint density at radius 2 is 1.65 bits per heavy atom. The number of Topliss-reactive ketones (excluding diaryl/α,β-unsaturated/α-hetero) is 2. The van der Waals surface area contributed by atoms with Crippen molar-refractivity contribution in [1.29, 1.82) is 0 Å². The molecule has 40 heavy (non-hydrogen) atoms. The number of fused-ring (bicyclic) bond motifs is 6. The molecule has 3 aliphatic rings. The first-order valence-electron chi connectivity index (χ1n) is 13.1. The van der Waals surface area contributed by atoms with Gasteiger partial charge in [-0.05, 0) is 66.6 Å². The minimum atomic E-state index is -1.36. The number of benzene rings is 3. The van der Waals surface area contributed by atoms with Gasteiger partial charge in [-0.1, -0.05) is 54.1 Å². The molecule has 4 atom stereocenters. The second-order valence-corrected chi connectivity index (χ2v) is 10.9. The van der Waals surface area contributed by atoms with Gasteiger partial charge >= 0.3 is 0 Å². The molecule has 4 heterocycles. The van der Waals surface area contributed by atoms with Gasteiger partial charge in [-0.2, -0.15) is 0 Å². The number of amides is 1. The number of allylic oxidation sites excluding steroid dienone is 1. The molecule has 0 bridgehead atoms. The molecule has 1 amide bonds. The van der Waals surface area contributed by atoms with Gasteiger partial charge in [-0.3, -0.25) is 19.4 Å². The van der Waals surface area contributed by atoms with E-state index in [2.05, 4.69) is 10.3 Å². The van der Waals surface area contributed by atoms with Crippen LogP contribution in [0.4, 0.5) is 11.4 Å². The Balaban J connectivity index is 1.56. The lowest BCUT2D eigenvalue weighted by Gasteiger charge is -2.39.